The molecule has 1 aliphatic heterocycles. The zero-order chi connectivity index (χ0) is 10.7. The van der Waals surface area contributed by atoms with Gasteiger partial charge in [0.15, 0.2) is 0 Å². The topological polar surface area (TPSA) is 12.0 Å². The van der Waals surface area contributed by atoms with Crippen LogP contribution in [-0.4, -0.2) is 13.1 Å². The average Bonchev–Trinajstić information content (AvgIpc) is 2.72. The molecule has 80 valence electrons. The molecule has 2 rings (SSSR count). The van der Waals surface area contributed by atoms with Gasteiger partial charge >= 0.3 is 0 Å². The van der Waals surface area contributed by atoms with E-state index in [1.807, 2.05) is 6.08 Å². The first kappa shape index (κ1) is 10.3. The molecule has 0 bridgehead atoms. The molecule has 1 aliphatic rings. The Labute approximate surface area is 87.8 Å². The highest BCUT2D eigenvalue weighted by atomic mass is 19.1. The maximum Gasteiger partial charge on any atom is 0.130 e. The third-order valence-corrected chi connectivity index (χ3v) is 2.60. The fourth-order valence-electron chi connectivity index (χ4n) is 1.72. The third kappa shape index (κ3) is 2.63. The molecular weight excluding hydrogens is 196 g/mol. The van der Waals surface area contributed by atoms with Crippen LogP contribution in [0, 0.1) is 17.6 Å². The number of halogens is 2. The second kappa shape index (κ2) is 4.53. The Morgan fingerprint density at radius 1 is 1.33 bits per heavy atom. The zero-order valence-electron chi connectivity index (χ0n) is 8.34. The standard InChI is InChI=1S/C12H13F2N/c13-11-3-4-12(14)10(7-11)2-1-9-5-6-15-8-9/h1-4,7,9,15H,5-6,8H2/b2-1+. The fourth-order valence-corrected chi connectivity index (χ4v) is 1.72. The predicted molar refractivity (Wildman–Crippen MR) is 56.4 cm³/mol. The van der Waals surface area contributed by atoms with Crippen LogP contribution in [0.4, 0.5) is 8.78 Å². The lowest BCUT2D eigenvalue weighted by Crippen LogP contribution is -2.07. The van der Waals surface area contributed by atoms with Gasteiger partial charge in [-0.15, -0.1) is 0 Å². The molecule has 1 aromatic carbocycles. The highest BCUT2D eigenvalue weighted by Crippen LogP contribution is 2.15. The highest BCUT2D eigenvalue weighted by Gasteiger charge is 2.10. The molecule has 1 heterocycles. The molecule has 15 heavy (non-hydrogen) atoms. The van der Waals surface area contributed by atoms with Crippen molar-refractivity contribution in [1.29, 1.82) is 0 Å². The lowest BCUT2D eigenvalue weighted by atomic mass is 10.1. The monoisotopic (exact) mass is 209 g/mol. The van der Waals surface area contributed by atoms with E-state index < -0.39 is 5.82 Å². The van der Waals surface area contributed by atoms with Crippen molar-refractivity contribution in [2.75, 3.05) is 13.1 Å². The average molecular weight is 209 g/mol. The third-order valence-electron chi connectivity index (χ3n) is 2.60. The summed E-state index contributed by atoms with van der Waals surface area (Å²) in [4.78, 5) is 0. The van der Waals surface area contributed by atoms with Gasteiger partial charge in [0.25, 0.3) is 0 Å². The Bertz CT molecular complexity index is 368. The molecule has 1 saturated heterocycles. The van der Waals surface area contributed by atoms with Crippen LogP contribution in [0.2, 0.25) is 0 Å². The molecule has 1 unspecified atom stereocenters. The van der Waals surface area contributed by atoms with Gasteiger partial charge < -0.3 is 5.32 Å². The summed E-state index contributed by atoms with van der Waals surface area (Å²) >= 11 is 0. The van der Waals surface area contributed by atoms with Crippen molar-refractivity contribution < 1.29 is 8.78 Å². The summed E-state index contributed by atoms with van der Waals surface area (Å²) in [6.45, 7) is 1.92. The summed E-state index contributed by atoms with van der Waals surface area (Å²) < 4.78 is 26.0. The summed E-state index contributed by atoms with van der Waals surface area (Å²) in [6, 6.07) is 3.50. The quantitative estimate of drug-likeness (QED) is 0.789. The lowest BCUT2D eigenvalue weighted by molar-refractivity contribution is 0.597. The zero-order valence-corrected chi connectivity index (χ0v) is 8.34. The van der Waals surface area contributed by atoms with Crippen molar-refractivity contribution in [2.45, 2.75) is 6.42 Å². The number of nitrogens with one attached hydrogen (secondary N) is 1. The van der Waals surface area contributed by atoms with E-state index in [1.54, 1.807) is 6.08 Å². The molecule has 0 aromatic heterocycles. The molecule has 1 aromatic rings. The first-order chi connectivity index (χ1) is 7.25. The minimum Gasteiger partial charge on any atom is -0.316 e. The van der Waals surface area contributed by atoms with E-state index in [9.17, 15) is 8.78 Å². The van der Waals surface area contributed by atoms with Gasteiger partial charge in [-0.1, -0.05) is 12.2 Å². The molecule has 0 amide bonds. The van der Waals surface area contributed by atoms with E-state index in [1.165, 1.54) is 6.07 Å². The van der Waals surface area contributed by atoms with Crippen molar-refractivity contribution in [1.82, 2.24) is 5.32 Å². The van der Waals surface area contributed by atoms with Crippen LogP contribution in [-0.2, 0) is 0 Å². The Hall–Kier alpha value is -1.22. The van der Waals surface area contributed by atoms with Crippen LogP contribution < -0.4 is 5.32 Å². The van der Waals surface area contributed by atoms with Gasteiger partial charge in [-0.2, -0.15) is 0 Å². The summed E-state index contributed by atoms with van der Waals surface area (Å²) in [5.74, 6) is -0.341. The SMILES string of the molecule is Fc1ccc(F)c(/C=C/C2CCNC2)c1. The second-order valence-corrected chi connectivity index (χ2v) is 3.78. The van der Waals surface area contributed by atoms with E-state index in [0.717, 1.165) is 31.6 Å². The van der Waals surface area contributed by atoms with Gasteiger partial charge in [0.2, 0.25) is 0 Å². The van der Waals surface area contributed by atoms with Crippen LogP contribution in [0.15, 0.2) is 24.3 Å². The Morgan fingerprint density at radius 2 is 2.20 bits per heavy atom. The summed E-state index contributed by atoms with van der Waals surface area (Å²) in [5, 5.41) is 3.22. The van der Waals surface area contributed by atoms with Gasteiger partial charge in [0.05, 0.1) is 0 Å². The van der Waals surface area contributed by atoms with Crippen LogP contribution in [0.1, 0.15) is 12.0 Å². The largest absolute Gasteiger partial charge is 0.316 e. The molecule has 3 heteroatoms. The van der Waals surface area contributed by atoms with Crippen LogP contribution in [0.3, 0.4) is 0 Å². The molecule has 1 atom stereocenters. The van der Waals surface area contributed by atoms with Crippen LogP contribution >= 0.6 is 0 Å². The Morgan fingerprint density at radius 3 is 2.93 bits per heavy atom. The van der Waals surface area contributed by atoms with Crippen LogP contribution in [0.5, 0.6) is 0 Å². The molecule has 0 saturated carbocycles. The predicted octanol–water partition coefficient (Wildman–Crippen LogP) is 2.59. The summed E-state index contributed by atoms with van der Waals surface area (Å²) in [6.07, 6.45) is 4.67. The molecule has 0 spiro atoms. The molecule has 0 aliphatic carbocycles. The fraction of sp³-hybridized carbons (Fsp3) is 0.333. The maximum absolute atomic E-state index is 13.2. The number of rotatable bonds is 2. The summed E-state index contributed by atoms with van der Waals surface area (Å²) in [5.41, 5.74) is 0.321. The molecule has 1 N–H and O–H groups in total. The minimum atomic E-state index is -0.402. The normalized spacial score (nSPS) is 21.3. The van der Waals surface area contributed by atoms with Gasteiger partial charge in [-0.25, -0.2) is 8.78 Å². The Balaban J connectivity index is 2.11. The van der Waals surface area contributed by atoms with E-state index >= 15 is 0 Å². The lowest BCUT2D eigenvalue weighted by Gasteiger charge is -2.00. The van der Waals surface area contributed by atoms with E-state index in [-0.39, 0.29) is 5.82 Å². The molecule has 1 nitrogen and oxygen atoms in total. The van der Waals surface area contributed by atoms with Gasteiger partial charge in [0, 0.05) is 12.1 Å². The van der Waals surface area contributed by atoms with Gasteiger partial charge in [0.1, 0.15) is 11.6 Å². The first-order valence-corrected chi connectivity index (χ1v) is 5.09. The first-order valence-electron chi connectivity index (χ1n) is 5.09. The van der Waals surface area contributed by atoms with E-state index in [0.29, 0.717) is 11.5 Å². The second-order valence-electron chi connectivity index (χ2n) is 3.78. The van der Waals surface area contributed by atoms with Crippen molar-refractivity contribution >= 4 is 6.08 Å². The maximum atomic E-state index is 13.2. The van der Waals surface area contributed by atoms with Crippen molar-refractivity contribution in [3.8, 4) is 0 Å². The van der Waals surface area contributed by atoms with Crippen molar-refractivity contribution in [3.63, 3.8) is 0 Å². The number of benzene rings is 1. The minimum absolute atomic E-state index is 0.321. The molecule has 1 fully saturated rings. The molecular formula is C12H13F2N. The molecule has 0 radical (unpaired) electrons. The number of hydrogen-bond acceptors (Lipinski definition) is 1. The summed E-state index contributed by atoms with van der Waals surface area (Å²) in [7, 11) is 0. The van der Waals surface area contributed by atoms with Gasteiger partial charge in [-0.3, -0.25) is 0 Å². The van der Waals surface area contributed by atoms with Crippen molar-refractivity contribution in [2.24, 2.45) is 5.92 Å². The van der Waals surface area contributed by atoms with Crippen molar-refractivity contribution in [3.05, 3.63) is 41.5 Å². The smallest absolute Gasteiger partial charge is 0.130 e. The van der Waals surface area contributed by atoms with E-state index in [4.69, 9.17) is 0 Å². The van der Waals surface area contributed by atoms with E-state index in [2.05, 4.69) is 5.32 Å². The number of hydrogen-bond donors (Lipinski definition) is 1. The Kier molecular flexibility index (Phi) is 3.11. The highest BCUT2D eigenvalue weighted by molar-refractivity contribution is 5.50. The van der Waals surface area contributed by atoms with Gasteiger partial charge in [-0.05, 0) is 37.1 Å². The van der Waals surface area contributed by atoms with Crippen LogP contribution in [0.25, 0.3) is 6.08 Å².